The number of hydrogen-bond acceptors (Lipinski definition) is 7. The van der Waals surface area contributed by atoms with Gasteiger partial charge in [-0.2, -0.15) is 0 Å². The lowest BCUT2D eigenvalue weighted by Gasteiger charge is -2.15. The molecule has 0 N–H and O–H groups in total. The highest BCUT2D eigenvalue weighted by Crippen LogP contribution is 2.31. The van der Waals surface area contributed by atoms with Crippen molar-refractivity contribution in [2.24, 2.45) is 0 Å². The average Bonchev–Trinajstić information content (AvgIpc) is 3.30. The molecule has 164 valence electrons. The van der Waals surface area contributed by atoms with E-state index < -0.39 is 0 Å². The minimum Gasteiger partial charge on any atom is -0.493 e. The molecule has 0 aliphatic heterocycles. The first kappa shape index (κ1) is 21.2. The molecule has 0 saturated carbocycles. The summed E-state index contributed by atoms with van der Waals surface area (Å²) in [6.07, 6.45) is 0. The van der Waals surface area contributed by atoms with Crippen LogP contribution in [0.5, 0.6) is 17.2 Å². The summed E-state index contributed by atoms with van der Waals surface area (Å²) in [5.74, 6) is 2.24. The van der Waals surface area contributed by atoms with Gasteiger partial charge in [-0.15, -0.1) is 10.2 Å². The van der Waals surface area contributed by atoms with E-state index in [0.717, 1.165) is 10.8 Å². The van der Waals surface area contributed by atoms with Crippen LogP contribution in [0.1, 0.15) is 5.89 Å². The molecule has 4 aromatic rings. The van der Waals surface area contributed by atoms with Gasteiger partial charge in [-0.3, -0.25) is 4.79 Å². The number of hydrogen-bond donors (Lipinski definition) is 0. The molecule has 0 spiro atoms. The van der Waals surface area contributed by atoms with Gasteiger partial charge in [0.1, 0.15) is 5.75 Å². The summed E-state index contributed by atoms with van der Waals surface area (Å²) in [4.78, 5) is 14.0. The fourth-order valence-corrected chi connectivity index (χ4v) is 3.21. The van der Waals surface area contributed by atoms with Crippen LogP contribution >= 0.6 is 0 Å². The number of ether oxygens (including phenoxy) is 3. The van der Waals surface area contributed by atoms with Crippen molar-refractivity contribution in [1.82, 2.24) is 15.1 Å². The maximum atomic E-state index is 12.5. The van der Waals surface area contributed by atoms with Crippen molar-refractivity contribution in [3.05, 3.63) is 66.6 Å². The van der Waals surface area contributed by atoms with Gasteiger partial charge in [-0.1, -0.05) is 30.3 Å². The first-order chi connectivity index (χ1) is 15.6. The van der Waals surface area contributed by atoms with Gasteiger partial charge in [-0.05, 0) is 41.1 Å². The average molecular weight is 433 g/mol. The number of benzene rings is 3. The summed E-state index contributed by atoms with van der Waals surface area (Å²) < 4.78 is 21.9. The predicted octanol–water partition coefficient (Wildman–Crippen LogP) is 3.94. The number of nitrogens with zero attached hydrogens (tertiary/aromatic N) is 3. The number of carbonyl (C=O) groups is 1. The molecule has 4 rings (SSSR count). The van der Waals surface area contributed by atoms with Crippen LogP contribution in [0.3, 0.4) is 0 Å². The Morgan fingerprint density at radius 3 is 2.50 bits per heavy atom. The number of amides is 1. The molecule has 0 aliphatic rings. The summed E-state index contributed by atoms with van der Waals surface area (Å²) in [6.45, 7) is 0.0751. The zero-order chi connectivity index (χ0) is 22.5. The molecule has 1 amide bonds. The smallest absolute Gasteiger partial charge is 0.260 e. The lowest BCUT2D eigenvalue weighted by molar-refractivity contribution is -0.132. The Morgan fingerprint density at radius 1 is 0.938 bits per heavy atom. The van der Waals surface area contributed by atoms with Crippen LogP contribution < -0.4 is 14.2 Å². The van der Waals surface area contributed by atoms with E-state index in [1.807, 2.05) is 42.5 Å². The fourth-order valence-electron chi connectivity index (χ4n) is 3.21. The zero-order valence-electron chi connectivity index (χ0n) is 18.1. The van der Waals surface area contributed by atoms with Crippen molar-refractivity contribution in [3.8, 4) is 28.7 Å². The Bertz CT molecular complexity index is 1240. The summed E-state index contributed by atoms with van der Waals surface area (Å²) in [7, 11) is 4.78. The maximum Gasteiger partial charge on any atom is 0.260 e. The topological polar surface area (TPSA) is 86.9 Å². The van der Waals surface area contributed by atoms with Gasteiger partial charge in [0.25, 0.3) is 5.91 Å². The van der Waals surface area contributed by atoms with E-state index in [9.17, 15) is 4.79 Å². The molecular formula is C24H23N3O5. The zero-order valence-corrected chi connectivity index (χ0v) is 18.1. The highest BCUT2D eigenvalue weighted by Gasteiger charge is 2.16. The van der Waals surface area contributed by atoms with Crippen molar-refractivity contribution in [2.45, 2.75) is 6.54 Å². The van der Waals surface area contributed by atoms with Crippen LogP contribution in [0, 0.1) is 0 Å². The van der Waals surface area contributed by atoms with Gasteiger partial charge < -0.3 is 23.5 Å². The van der Waals surface area contributed by atoms with Gasteiger partial charge in [-0.25, -0.2) is 0 Å². The van der Waals surface area contributed by atoms with E-state index in [1.54, 1.807) is 39.5 Å². The van der Waals surface area contributed by atoms with E-state index in [4.69, 9.17) is 18.6 Å². The SMILES string of the molecule is COc1ccc(-c2nnc(CN(C)C(=O)COc3ccc4ccccc4c3)o2)cc1OC. The molecule has 3 aromatic carbocycles. The van der Waals surface area contributed by atoms with Crippen molar-refractivity contribution in [3.63, 3.8) is 0 Å². The van der Waals surface area contributed by atoms with Crippen LogP contribution in [-0.2, 0) is 11.3 Å². The molecule has 0 aliphatic carbocycles. The van der Waals surface area contributed by atoms with Gasteiger partial charge in [0.15, 0.2) is 18.1 Å². The lowest BCUT2D eigenvalue weighted by Crippen LogP contribution is -2.31. The van der Waals surface area contributed by atoms with Crippen LogP contribution in [0.15, 0.2) is 65.1 Å². The second-order valence-corrected chi connectivity index (χ2v) is 7.12. The quantitative estimate of drug-likeness (QED) is 0.416. The number of aromatic nitrogens is 2. The summed E-state index contributed by atoms with van der Waals surface area (Å²) in [5.41, 5.74) is 0.690. The Labute approximate surface area is 185 Å². The minimum atomic E-state index is -0.205. The number of methoxy groups -OCH3 is 2. The summed E-state index contributed by atoms with van der Waals surface area (Å²) in [5, 5.41) is 10.3. The normalized spacial score (nSPS) is 10.7. The van der Waals surface area contributed by atoms with E-state index in [1.165, 1.54) is 4.90 Å². The van der Waals surface area contributed by atoms with Crippen molar-refractivity contribution in [2.75, 3.05) is 27.9 Å². The van der Waals surface area contributed by atoms with Crippen LogP contribution in [-0.4, -0.2) is 48.9 Å². The molecule has 0 bridgehead atoms. The standard InChI is InChI=1S/C24H23N3O5/c1-27(23(28)15-31-19-10-8-16-6-4-5-7-17(16)12-19)14-22-25-26-24(32-22)18-9-11-20(29-2)21(13-18)30-3/h4-13H,14-15H2,1-3H3. The third-order valence-corrected chi connectivity index (χ3v) is 4.98. The maximum absolute atomic E-state index is 12.5. The van der Waals surface area contributed by atoms with Crippen LogP contribution in [0.2, 0.25) is 0 Å². The monoisotopic (exact) mass is 433 g/mol. The van der Waals surface area contributed by atoms with Gasteiger partial charge in [0, 0.05) is 12.6 Å². The molecule has 0 radical (unpaired) electrons. The first-order valence-electron chi connectivity index (χ1n) is 9.97. The molecule has 8 heteroatoms. The Morgan fingerprint density at radius 2 is 1.72 bits per heavy atom. The van der Waals surface area contributed by atoms with E-state index in [-0.39, 0.29) is 19.1 Å². The Hall–Kier alpha value is -4.07. The summed E-state index contributed by atoms with van der Waals surface area (Å²) in [6, 6.07) is 19.0. The molecule has 0 unspecified atom stereocenters. The molecule has 1 heterocycles. The number of fused-ring (bicyclic) bond motifs is 1. The Balaban J connectivity index is 1.37. The third-order valence-electron chi connectivity index (χ3n) is 4.98. The minimum absolute atomic E-state index is 0.0918. The third kappa shape index (κ3) is 4.64. The molecule has 0 atom stereocenters. The van der Waals surface area contributed by atoms with Crippen molar-refractivity contribution >= 4 is 16.7 Å². The van der Waals surface area contributed by atoms with Crippen molar-refractivity contribution < 1.29 is 23.4 Å². The lowest BCUT2D eigenvalue weighted by atomic mass is 10.1. The van der Waals surface area contributed by atoms with Crippen molar-refractivity contribution in [1.29, 1.82) is 0 Å². The second-order valence-electron chi connectivity index (χ2n) is 7.12. The van der Waals surface area contributed by atoms with Crippen LogP contribution in [0.25, 0.3) is 22.2 Å². The van der Waals surface area contributed by atoms with Gasteiger partial charge in [0.05, 0.1) is 20.8 Å². The van der Waals surface area contributed by atoms with Gasteiger partial charge >= 0.3 is 0 Å². The summed E-state index contributed by atoms with van der Waals surface area (Å²) >= 11 is 0. The highest BCUT2D eigenvalue weighted by atomic mass is 16.5. The van der Waals surface area contributed by atoms with Crippen LogP contribution in [0.4, 0.5) is 0 Å². The van der Waals surface area contributed by atoms with E-state index in [0.29, 0.717) is 34.6 Å². The largest absolute Gasteiger partial charge is 0.493 e. The predicted molar refractivity (Wildman–Crippen MR) is 119 cm³/mol. The van der Waals surface area contributed by atoms with E-state index >= 15 is 0 Å². The second kappa shape index (κ2) is 9.38. The number of likely N-dealkylation sites (N-methyl/N-ethyl adjacent to an activating group) is 1. The fraction of sp³-hybridized carbons (Fsp3) is 0.208. The molecule has 0 fully saturated rings. The number of rotatable bonds is 8. The molecule has 8 nitrogen and oxygen atoms in total. The molecule has 1 aromatic heterocycles. The first-order valence-corrected chi connectivity index (χ1v) is 9.97. The highest BCUT2D eigenvalue weighted by molar-refractivity contribution is 5.84. The van der Waals surface area contributed by atoms with E-state index in [2.05, 4.69) is 10.2 Å². The van der Waals surface area contributed by atoms with Gasteiger partial charge in [0.2, 0.25) is 11.8 Å². The molecule has 0 saturated heterocycles. The molecule has 32 heavy (non-hydrogen) atoms. The molecular weight excluding hydrogens is 410 g/mol. The Kier molecular flexibility index (Phi) is 6.21. The number of carbonyl (C=O) groups excluding carboxylic acids is 1.